The second-order valence-electron chi connectivity index (χ2n) is 7.38. The van der Waals surface area contributed by atoms with Crippen molar-refractivity contribution in [2.24, 2.45) is 0 Å². The lowest BCUT2D eigenvalue weighted by atomic mass is 10.1. The van der Waals surface area contributed by atoms with E-state index < -0.39 is 5.91 Å². The Hall–Kier alpha value is -3.66. The number of benzene rings is 3. The standard InChI is InChI=1S/C27H24Cl2N2O4/c1-3-34-26-14-19(7-11-25(26)35-17-20-6-10-23(28)24(29)13-20)12-21(15-30)27(32)31-16-18-4-8-22(33-2)9-5-18/h4-14H,3,16-17H2,1-2H3,(H,31,32)/b21-12+. The molecule has 180 valence electrons. The Morgan fingerprint density at radius 2 is 1.71 bits per heavy atom. The molecule has 0 bridgehead atoms. The lowest BCUT2D eigenvalue weighted by Gasteiger charge is -2.13. The molecule has 0 aliphatic rings. The maximum Gasteiger partial charge on any atom is 0.262 e. The zero-order valence-electron chi connectivity index (χ0n) is 19.3. The number of nitrogens with one attached hydrogen (secondary N) is 1. The van der Waals surface area contributed by atoms with E-state index in [1.165, 1.54) is 6.08 Å². The molecule has 0 unspecified atom stereocenters. The van der Waals surface area contributed by atoms with Crippen LogP contribution >= 0.6 is 23.2 Å². The second kappa shape index (κ2) is 12.7. The lowest BCUT2D eigenvalue weighted by Crippen LogP contribution is -2.23. The number of halogens is 2. The van der Waals surface area contributed by atoms with Crippen molar-refractivity contribution in [1.29, 1.82) is 5.26 Å². The van der Waals surface area contributed by atoms with Crippen LogP contribution in [-0.2, 0) is 17.9 Å². The van der Waals surface area contributed by atoms with Crippen LogP contribution in [0.1, 0.15) is 23.6 Å². The number of nitriles is 1. The van der Waals surface area contributed by atoms with Crippen LogP contribution in [0.25, 0.3) is 6.08 Å². The van der Waals surface area contributed by atoms with Crippen molar-refractivity contribution >= 4 is 35.2 Å². The molecule has 0 radical (unpaired) electrons. The number of carbonyl (C=O) groups is 1. The van der Waals surface area contributed by atoms with E-state index in [-0.39, 0.29) is 18.7 Å². The van der Waals surface area contributed by atoms with Crippen molar-refractivity contribution in [3.63, 3.8) is 0 Å². The predicted molar refractivity (Wildman–Crippen MR) is 137 cm³/mol. The molecule has 6 nitrogen and oxygen atoms in total. The van der Waals surface area contributed by atoms with Gasteiger partial charge in [-0.15, -0.1) is 0 Å². The highest BCUT2D eigenvalue weighted by Crippen LogP contribution is 2.31. The van der Waals surface area contributed by atoms with Crippen LogP contribution in [0.15, 0.2) is 66.2 Å². The minimum atomic E-state index is -0.471. The number of nitrogens with zero attached hydrogens (tertiary/aromatic N) is 1. The highest BCUT2D eigenvalue weighted by Gasteiger charge is 2.12. The van der Waals surface area contributed by atoms with E-state index >= 15 is 0 Å². The van der Waals surface area contributed by atoms with Crippen LogP contribution in [0.4, 0.5) is 0 Å². The minimum absolute atomic E-state index is 0.0227. The monoisotopic (exact) mass is 510 g/mol. The van der Waals surface area contributed by atoms with Crippen LogP contribution in [0.2, 0.25) is 10.0 Å². The molecule has 0 heterocycles. The van der Waals surface area contributed by atoms with E-state index in [2.05, 4.69) is 5.32 Å². The van der Waals surface area contributed by atoms with E-state index in [9.17, 15) is 10.1 Å². The summed E-state index contributed by atoms with van der Waals surface area (Å²) in [6.45, 7) is 2.83. The van der Waals surface area contributed by atoms with Gasteiger partial charge in [-0.1, -0.05) is 47.5 Å². The van der Waals surface area contributed by atoms with Crippen LogP contribution in [0.5, 0.6) is 17.2 Å². The predicted octanol–water partition coefficient (Wildman–Crippen LogP) is 6.20. The van der Waals surface area contributed by atoms with Gasteiger partial charge in [0, 0.05) is 6.54 Å². The van der Waals surface area contributed by atoms with E-state index in [1.54, 1.807) is 37.4 Å². The van der Waals surface area contributed by atoms with Gasteiger partial charge in [-0.2, -0.15) is 5.26 Å². The van der Waals surface area contributed by atoms with Gasteiger partial charge in [-0.3, -0.25) is 4.79 Å². The number of rotatable bonds is 10. The van der Waals surface area contributed by atoms with Crippen LogP contribution < -0.4 is 19.5 Å². The Labute approximate surface area is 214 Å². The topological polar surface area (TPSA) is 80.6 Å². The number of ether oxygens (including phenoxy) is 3. The number of methoxy groups -OCH3 is 1. The molecule has 3 aromatic rings. The summed E-state index contributed by atoms with van der Waals surface area (Å²) in [5.74, 6) is 1.28. The molecule has 1 amide bonds. The third kappa shape index (κ3) is 7.41. The molecule has 1 N–H and O–H groups in total. The van der Waals surface area contributed by atoms with E-state index in [0.29, 0.717) is 33.7 Å². The third-order valence-electron chi connectivity index (χ3n) is 4.93. The Kier molecular flexibility index (Phi) is 9.42. The molecule has 0 aliphatic heterocycles. The molecule has 0 fully saturated rings. The molecule has 0 saturated heterocycles. The fraction of sp³-hybridized carbons (Fsp3) is 0.185. The molecular weight excluding hydrogens is 487 g/mol. The average molecular weight is 511 g/mol. The molecule has 8 heteroatoms. The molecule has 3 rings (SSSR count). The van der Waals surface area contributed by atoms with Crippen molar-refractivity contribution in [2.75, 3.05) is 13.7 Å². The first-order valence-electron chi connectivity index (χ1n) is 10.8. The van der Waals surface area contributed by atoms with Crippen LogP contribution in [0, 0.1) is 11.3 Å². The molecular formula is C27H24Cl2N2O4. The second-order valence-corrected chi connectivity index (χ2v) is 8.19. The summed E-state index contributed by atoms with van der Waals surface area (Å²) in [7, 11) is 1.59. The molecule has 0 aliphatic carbocycles. The van der Waals surface area contributed by atoms with Gasteiger partial charge < -0.3 is 19.5 Å². The first-order valence-corrected chi connectivity index (χ1v) is 11.6. The van der Waals surface area contributed by atoms with Gasteiger partial charge >= 0.3 is 0 Å². The van der Waals surface area contributed by atoms with Crippen molar-refractivity contribution in [3.8, 4) is 23.3 Å². The van der Waals surface area contributed by atoms with Crippen molar-refractivity contribution in [1.82, 2.24) is 5.32 Å². The highest BCUT2D eigenvalue weighted by molar-refractivity contribution is 6.42. The largest absolute Gasteiger partial charge is 0.497 e. The van der Waals surface area contributed by atoms with Gasteiger partial charge in [-0.05, 0) is 66.1 Å². The fourth-order valence-electron chi connectivity index (χ4n) is 3.13. The molecule has 3 aromatic carbocycles. The van der Waals surface area contributed by atoms with Gasteiger partial charge in [0.2, 0.25) is 0 Å². The summed E-state index contributed by atoms with van der Waals surface area (Å²) in [4.78, 5) is 12.6. The van der Waals surface area contributed by atoms with Crippen LogP contribution in [0.3, 0.4) is 0 Å². The van der Waals surface area contributed by atoms with Crippen molar-refractivity contribution < 1.29 is 19.0 Å². The third-order valence-corrected chi connectivity index (χ3v) is 5.67. The maximum atomic E-state index is 12.6. The summed E-state index contributed by atoms with van der Waals surface area (Å²) >= 11 is 12.0. The van der Waals surface area contributed by atoms with Crippen molar-refractivity contribution in [3.05, 3.63) is 93.0 Å². The highest BCUT2D eigenvalue weighted by atomic mass is 35.5. The Bertz CT molecular complexity index is 1250. The number of hydrogen-bond donors (Lipinski definition) is 1. The molecule has 0 atom stereocenters. The summed E-state index contributed by atoms with van der Waals surface area (Å²) in [6.07, 6.45) is 1.51. The molecule has 0 saturated carbocycles. The normalized spacial score (nSPS) is 10.9. The quantitative estimate of drug-likeness (QED) is 0.259. The SMILES string of the molecule is CCOc1cc(/C=C(\C#N)C(=O)NCc2ccc(OC)cc2)ccc1OCc1ccc(Cl)c(Cl)c1. The van der Waals surface area contributed by atoms with Gasteiger partial charge in [-0.25, -0.2) is 0 Å². The van der Waals surface area contributed by atoms with Crippen LogP contribution in [-0.4, -0.2) is 19.6 Å². The van der Waals surface area contributed by atoms with E-state index in [0.717, 1.165) is 16.9 Å². The Balaban J connectivity index is 1.70. The smallest absolute Gasteiger partial charge is 0.262 e. The van der Waals surface area contributed by atoms with Gasteiger partial charge in [0.25, 0.3) is 5.91 Å². The van der Waals surface area contributed by atoms with Gasteiger partial charge in [0.15, 0.2) is 11.5 Å². The molecule has 0 spiro atoms. The summed E-state index contributed by atoms with van der Waals surface area (Å²) in [5, 5.41) is 13.2. The first kappa shape index (κ1) is 26.0. The maximum absolute atomic E-state index is 12.6. The number of carbonyl (C=O) groups excluding carboxylic acids is 1. The lowest BCUT2D eigenvalue weighted by molar-refractivity contribution is -0.117. The van der Waals surface area contributed by atoms with Crippen molar-refractivity contribution in [2.45, 2.75) is 20.1 Å². The Morgan fingerprint density at radius 1 is 0.971 bits per heavy atom. The number of hydrogen-bond acceptors (Lipinski definition) is 5. The zero-order valence-corrected chi connectivity index (χ0v) is 20.8. The summed E-state index contributed by atoms with van der Waals surface area (Å²) in [6, 6.07) is 19.8. The van der Waals surface area contributed by atoms with E-state index in [1.807, 2.05) is 43.3 Å². The minimum Gasteiger partial charge on any atom is -0.497 e. The molecule has 35 heavy (non-hydrogen) atoms. The fourth-order valence-corrected chi connectivity index (χ4v) is 3.45. The first-order chi connectivity index (χ1) is 16.9. The summed E-state index contributed by atoms with van der Waals surface area (Å²) in [5.41, 5.74) is 2.35. The van der Waals surface area contributed by atoms with E-state index in [4.69, 9.17) is 37.4 Å². The summed E-state index contributed by atoms with van der Waals surface area (Å²) < 4.78 is 16.8. The molecule has 0 aromatic heterocycles. The van der Waals surface area contributed by atoms with Gasteiger partial charge in [0.1, 0.15) is 24.0 Å². The Morgan fingerprint density at radius 3 is 2.37 bits per heavy atom. The zero-order chi connectivity index (χ0) is 25.2. The number of amides is 1. The average Bonchev–Trinajstić information content (AvgIpc) is 2.87. The van der Waals surface area contributed by atoms with Gasteiger partial charge in [0.05, 0.1) is 23.8 Å².